The maximum Gasteiger partial charge on any atom is 0.269 e. The molecule has 0 spiro atoms. The number of aromatic nitrogens is 6. The molecule has 0 saturated carbocycles. The zero-order valence-electron chi connectivity index (χ0n) is 24.9. The summed E-state index contributed by atoms with van der Waals surface area (Å²) in [6, 6.07) is 15.5. The van der Waals surface area contributed by atoms with Gasteiger partial charge in [0.2, 0.25) is 0 Å². The van der Waals surface area contributed by atoms with Crippen LogP contribution < -0.4 is 0 Å². The summed E-state index contributed by atoms with van der Waals surface area (Å²) in [6.45, 7) is 2.60. The predicted octanol–water partition coefficient (Wildman–Crippen LogP) is 3.95. The molecule has 1 saturated heterocycles. The molecule has 46 heavy (non-hydrogen) atoms. The van der Waals surface area contributed by atoms with Crippen LogP contribution in [-0.2, 0) is 33.5 Å². The van der Waals surface area contributed by atoms with E-state index in [4.69, 9.17) is 9.40 Å². The molecule has 6 aromatic rings. The van der Waals surface area contributed by atoms with Crippen LogP contribution in [0.4, 0.5) is 0 Å². The van der Waals surface area contributed by atoms with E-state index >= 15 is 0 Å². The number of pyridine rings is 1. The Labute approximate surface area is 267 Å². The highest BCUT2D eigenvalue weighted by molar-refractivity contribution is 7.90. The second-order valence-electron chi connectivity index (χ2n) is 11.2. The van der Waals surface area contributed by atoms with Gasteiger partial charge in [-0.1, -0.05) is 31.5 Å². The minimum atomic E-state index is -3.95. The van der Waals surface area contributed by atoms with Gasteiger partial charge in [-0.3, -0.25) is 9.25 Å². The quantitative estimate of drug-likeness (QED) is 0.201. The third kappa shape index (κ3) is 4.89. The van der Waals surface area contributed by atoms with E-state index in [1.54, 1.807) is 47.3 Å². The third-order valence-corrected chi connectivity index (χ3v) is 11.4. The molecule has 1 aliphatic rings. The van der Waals surface area contributed by atoms with E-state index in [0.29, 0.717) is 58.3 Å². The Balaban J connectivity index is 1.37. The monoisotopic (exact) mass is 658 g/mol. The van der Waals surface area contributed by atoms with Crippen molar-refractivity contribution in [3.05, 3.63) is 79.1 Å². The first kappa shape index (κ1) is 30.2. The normalized spacial score (nSPS) is 15.7. The van der Waals surface area contributed by atoms with Gasteiger partial charge in [0.25, 0.3) is 10.0 Å². The van der Waals surface area contributed by atoms with Crippen LogP contribution in [0.5, 0.6) is 0 Å². The number of fused-ring (bicyclic) bond motifs is 3. The fourth-order valence-corrected chi connectivity index (χ4v) is 8.73. The van der Waals surface area contributed by atoms with Crippen LogP contribution in [0.1, 0.15) is 31.9 Å². The number of nitriles is 1. The van der Waals surface area contributed by atoms with Crippen LogP contribution in [0, 0.1) is 11.3 Å². The lowest BCUT2D eigenvalue weighted by molar-refractivity contribution is 0.0717. The van der Waals surface area contributed by atoms with Crippen molar-refractivity contribution in [2.45, 2.75) is 43.2 Å². The van der Waals surface area contributed by atoms with Gasteiger partial charge in [0, 0.05) is 29.1 Å². The van der Waals surface area contributed by atoms with Gasteiger partial charge in [-0.15, -0.1) is 4.31 Å². The Morgan fingerprint density at radius 3 is 2.67 bits per heavy atom. The van der Waals surface area contributed by atoms with Crippen molar-refractivity contribution in [2.24, 2.45) is 0 Å². The Morgan fingerprint density at radius 2 is 1.96 bits per heavy atom. The highest BCUT2D eigenvalue weighted by atomic mass is 32.2. The number of unbranched alkanes of at least 4 members (excludes halogenated alkanes) is 1. The van der Waals surface area contributed by atoms with Crippen LogP contribution >= 0.6 is 0 Å². The van der Waals surface area contributed by atoms with Crippen molar-refractivity contribution in [1.82, 2.24) is 32.6 Å². The second-order valence-corrected chi connectivity index (χ2v) is 14.6. The molecule has 7 rings (SSSR count). The SMILES string of the molecule is CCCC[S+]([O-])N1CC(CC#N)(n2cc(-n3c(-c4ccc(CO)o4)nc4cnc5c(ccn5S(=O)(=O)c5ccccc5)c43)cn2)C1. The van der Waals surface area contributed by atoms with Gasteiger partial charge in [-0.2, -0.15) is 10.4 Å². The van der Waals surface area contributed by atoms with Gasteiger partial charge < -0.3 is 14.1 Å². The number of hydrogen-bond acceptors (Lipinski definition) is 10. The van der Waals surface area contributed by atoms with E-state index in [1.165, 1.54) is 24.5 Å². The molecular formula is C31H30N8O5S2. The number of nitrogens with zero attached hydrogens (tertiary/aromatic N) is 8. The first-order valence-electron chi connectivity index (χ1n) is 14.7. The number of aliphatic hydroxyl groups excluding tert-OH is 1. The molecule has 1 aliphatic heterocycles. The number of hydrogen-bond donors (Lipinski definition) is 1. The molecule has 13 nitrogen and oxygen atoms in total. The third-order valence-electron chi connectivity index (χ3n) is 8.26. The van der Waals surface area contributed by atoms with E-state index < -0.39 is 26.9 Å². The number of furan rings is 1. The van der Waals surface area contributed by atoms with E-state index in [1.807, 2.05) is 15.1 Å². The zero-order valence-corrected chi connectivity index (χ0v) is 26.5. The Kier molecular flexibility index (Phi) is 7.70. The lowest BCUT2D eigenvalue weighted by atomic mass is 9.89. The van der Waals surface area contributed by atoms with Gasteiger partial charge in [-0.05, 0) is 36.8 Å². The fraction of sp³-hybridized carbons (Fsp3) is 0.290. The highest BCUT2D eigenvalue weighted by Gasteiger charge is 2.50. The maximum atomic E-state index is 13.6. The number of rotatable bonds is 11. The smallest absolute Gasteiger partial charge is 0.269 e. The van der Waals surface area contributed by atoms with Crippen LogP contribution in [0.25, 0.3) is 39.3 Å². The van der Waals surface area contributed by atoms with Gasteiger partial charge >= 0.3 is 0 Å². The first-order valence-corrected chi connectivity index (χ1v) is 17.5. The first-order chi connectivity index (χ1) is 22.3. The average molecular weight is 659 g/mol. The molecule has 1 N–H and O–H groups in total. The highest BCUT2D eigenvalue weighted by Crippen LogP contribution is 2.38. The fourth-order valence-electron chi connectivity index (χ4n) is 5.85. The summed E-state index contributed by atoms with van der Waals surface area (Å²) in [7, 11) is -3.95. The molecule has 1 aromatic carbocycles. The molecule has 0 radical (unpaired) electrons. The molecule has 1 fully saturated rings. The lowest BCUT2D eigenvalue weighted by Crippen LogP contribution is -2.64. The van der Waals surface area contributed by atoms with Crippen molar-refractivity contribution >= 4 is 43.5 Å². The van der Waals surface area contributed by atoms with Crippen LogP contribution in [0.2, 0.25) is 0 Å². The van der Waals surface area contributed by atoms with E-state index in [9.17, 15) is 23.3 Å². The van der Waals surface area contributed by atoms with Crippen molar-refractivity contribution in [3.63, 3.8) is 0 Å². The molecule has 0 amide bonds. The van der Waals surface area contributed by atoms with Crippen molar-refractivity contribution in [1.29, 1.82) is 5.26 Å². The molecule has 5 aromatic heterocycles. The van der Waals surface area contributed by atoms with Gasteiger partial charge in [0.15, 0.2) is 17.2 Å². The Hall–Kier alpha value is -4.46. The maximum absolute atomic E-state index is 13.6. The molecule has 1 atom stereocenters. The minimum Gasteiger partial charge on any atom is -0.598 e. The standard InChI is InChI=1S/C31H30N8O5S2/c1-2-3-15-45(41)36-20-31(21-36,12-13-32)38-18-22(16-34-38)39-28-25-11-14-37(46(42,43)24-7-5-4-6-8-24)29(25)33-17-26(28)35-30(39)27-10-9-23(19-40)44-27/h4-11,14,16-18,40H,2-3,12,15,19-21H2,1H3. The molecule has 6 heterocycles. The van der Waals surface area contributed by atoms with E-state index in [-0.39, 0.29) is 23.6 Å². The summed E-state index contributed by atoms with van der Waals surface area (Å²) >= 11 is -1.13. The molecular weight excluding hydrogens is 629 g/mol. The number of aliphatic hydroxyl groups is 1. The Bertz CT molecular complexity index is 2190. The van der Waals surface area contributed by atoms with E-state index in [2.05, 4.69) is 23.1 Å². The number of benzene rings is 1. The van der Waals surface area contributed by atoms with Gasteiger partial charge in [0.05, 0.1) is 54.1 Å². The molecule has 1 unspecified atom stereocenters. The summed E-state index contributed by atoms with van der Waals surface area (Å²) < 4.78 is 52.5. The summed E-state index contributed by atoms with van der Waals surface area (Å²) in [4.78, 5) is 9.46. The van der Waals surface area contributed by atoms with E-state index in [0.717, 1.165) is 16.8 Å². The molecule has 0 bridgehead atoms. The molecule has 236 valence electrons. The van der Waals surface area contributed by atoms with Crippen molar-refractivity contribution < 1.29 is 22.5 Å². The zero-order chi connectivity index (χ0) is 32.1. The second kappa shape index (κ2) is 11.7. The lowest BCUT2D eigenvalue weighted by Gasteiger charge is -2.47. The largest absolute Gasteiger partial charge is 0.598 e. The summed E-state index contributed by atoms with van der Waals surface area (Å²) in [5.41, 5.74) is 1.21. The van der Waals surface area contributed by atoms with Crippen molar-refractivity contribution in [2.75, 3.05) is 18.8 Å². The molecule has 15 heteroatoms. The topological polar surface area (TPSA) is 171 Å². The summed E-state index contributed by atoms with van der Waals surface area (Å²) in [5, 5.41) is 24.6. The minimum absolute atomic E-state index is 0.130. The Morgan fingerprint density at radius 1 is 1.15 bits per heavy atom. The average Bonchev–Trinajstić information content (AvgIpc) is 3.85. The predicted molar refractivity (Wildman–Crippen MR) is 170 cm³/mol. The van der Waals surface area contributed by atoms with Crippen LogP contribution in [-0.4, -0.2) is 69.5 Å². The summed E-state index contributed by atoms with van der Waals surface area (Å²) in [6.07, 6.45) is 8.45. The number of imidazole rings is 1. The van der Waals surface area contributed by atoms with Crippen LogP contribution in [0.15, 0.2) is 82.6 Å². The van der Waals surface area contributed by atoms with Gasteiger partial charge in [0.1, 0.15) is 29.2 Å². The summed E-state index contributed by atoms with van der Waals surface area (Å²) in [5.74, 6) is 1.71. The van der Waals surface area contributed by atoms with Crippen LogP contribution in [0.3, 0.4) is 0 Å². The van der Waals surface area contributed by atoms with Gasteiger partial charge in [-0.25, -0.2) is 22.4 Å². The van der Waals surface area contributed by atoms with Crippen molar-refractivity contribution in [3.8, 4) is 23.3 Å². The molecule has 0 aliphatic carbocycles.